The van der Waals surface area contributed by atoms with Crippen LogP contribution in [0.25, 0.3) is 22.4 Å². The van der Waals surface area contributed by atoms with Crippen molar-refractivity contribution in [2.24, 2.45) is 7.05 Å². The summed E-state index contributed by atoms with van der Waals surface area (Å²) >= 11 is 6.00. The smallest absolute Gasteiger partial charge is 0.140 e. The molecular formula is C15H13ClN2O. The summed E-state index contributed by atoms with van der Waals surface area (Å²) in [5, 5.41) is 0.697. The second-order valence-corrected chi connectivity index (χ2v) is 4.80. The van der Waals surface area contributed by atoms with E-state index < -0.39 is 0 Å². The molecule has 0 unspecified atom stereocenters. The van der Waals surface area contributed by atoms with E-state index in [9.17, 15) is 0 Å². The first-order valence-electron chi connectivity index (χ1n) is 5.95. The minimum Gasteiger partial charge on any atom is -0.497 e. The zero-order valence-electron chi connectivity index (χ0n) is 10.7. The van der Waals surface area contributed by atoms with Gasteiger partial charge in [0.05, 0.1) is 18.1 Å². The molecule has 2 aromatic carbocycles. The molecule has 0 N–H and O–H groups in total. The molecule has 0 aliphatic rings. The highest BCUT2D eigenvalue weighted by Gasteiger charge is 2.10. The molecule has 0 radical (unpaired) electrons. The van der Waals surface area contributed by atoms with Crippen molar-refractivity contribution < 1.29 is 4.74 Å². The van der Waals surface area contributed by atoms with Crippen LogP contribution in [0.4, 0.5) is 0 Å². The fourth-order valence-corrected chi connectivity index (χ4v) is 2.36. The SMILES string of the molecule is COc1cccc(-c2nc3cc(Cl)ccc3n2C)c1. The zero-order chi connectivity index (χ0) is 13.4. The van der Waals surface area contributed by atoms with E-state index in [2.05, 4.69) is 9.55 Å². The van der Waals surface area contributed by atoms with Crippen LogP contribution in [-0.2, 0) is 7.05 Å². The number of aryl methyl sites for hydroxylation is 1. The van der Waals surface area contributed by atoms with Gasteiger partial charge in [-0.15, -0.1) is 0 Å². The van der Waals surface area contributed by atoms with Crippen LogP contribution in [0, 0.1) is 0 Å². The van der Waals surface area contributed by atoms with Crippen LogP contribution in [0.5, 0.6) is 5.75 Å². The zero-order valence-corrected chi connectivity index (χ0v) is 11.5. The maximum Gasteiger partial charge on any atom is 0.140 e. The number of rotatable bonds is 2. The lowest BCUT2D eigenvalue weighted by Crippen LogP contribution is -1.93. The Morgan fingerprint density at radius 3 is 2.79 bits per heavy atom. The van der Waals surface area contributed by atoms with Crippen LogP contribution in [0.15, 0.2) is 42.5 Å². The molecular weight excluding hydrogens is 260 g/mol. The predicted molar refractivity (Wildman–Crippen MR) is 77.7 cm³/mol. The number of halogens is 1. The van der Waals surface area contributed by atoms with Crippen molar-refractivity contribution in [3.8, 4) is 17.1 Å². The van der Waals surface area contributed by atoms with Crippen molar-refractivity contribution in [1.82, 2.24) is 9.55 Å². The van der Waals surface area contributed by atoms with Crippen LogP contribution in [0.2, 0.25) is 5.02 Å². The van der Waals surface area contributed by atoms with E-state index in [1.54, 1.807) is 7.11 Å². The van der Waals surface area contributed by atoms with Gasteiger partial charge in [0.15, 0.2) is 0 Å². The van der Waals surface area contributed by atoms with Crippen molar-refractivity contribution in [1.29, 1.82) is 0 Å². The number of aromatic nitrogens is 2. The van der Waals surface area contributed by atoms with Crippen LogP contribution >= 0.6 is 11.6 Å². The normalized spacial score (nSPS) is 10.9. The first-order chi connectivity index (χ1) is 9.19. The maximum absolute atomic E-state index is 6.00. The monoisotopic (exact) mass is 272 g/mol. The standard InChI is InChI=1S/C15H13ClN2O/c1-18-14-7-6-11(16)9-13(14)17-15(18)10-4-3-5-12(8-10)19-2/h3-9H,1-2H3. The molecule has 19 heavy (non-hydrogen) atoms. The molecule has 0 saturated heterocycles. The molecule has 96 valence electrons. The van der Waals surface area contributed by atoms with Crippen molar-refractivity contribution in [3.05, 3.63) is 47.5 Å². The highest BCUT2D eigenvalue weighted by atomic mass is 35.5. The van der Waals surface area contributed by atoms with E-state index in [1.807, 2.05) is 49.5 Å². The highest BCUT2D eigenvalue weighted by molar-refractivity contribution is 6.31. The summed E-state index contributed by atoms with van der Waals surface area (Å²) in [6.45, 7) is 0. The summed E-state index contributed by atoms with van der Waals surface area (Å²) in [6.07, 6.45) is 0. The Morgan fingerprint density at radius 1 is 1.16 bits per heavy atom. The van der Waals surface area contributed by atoms with Crippen LogP contribution in [0.1, 0.15) is 0 Å². The lowest BCUT2D eigenvalue weighted by Gasteiger charge is -2.04. The molecule has 0 amide bonds. The largest absolute Gasteiger partial charge is 0.497 e. The molecule has 0 bridgehead atoms. The van der Waals surface area contributed by atoms with Crippen molar-refractivity contribution in [3.63, 3.8) is 0 Å². The Balaban J connectivity index is 2.21. The summed E-state index contributed by atoms with van der Waals surface area (Å²) in [7, 11) is 3.66. The fraction of sp³-hybridized carbons (Fsp3) is 0.133. The first kappa shape index (κ1) is 12.1. The molecule has 0 atom stereocenters. The highest BCUT2D eigenvalue weighted by Crippen LogP contribution is 2.27. The second kappa shape index (κ2) is 4.59. The van der Waals surface area contributed by atoms with E-state index in [0.29, 0.717) is 5.02 Å². The van der Waals surface area contributed by atoms with Crippen molar-refractivity contribution in [2.75, 3.05) is 7.11 Å². The van der Waals surface area contributed by atoms with Gasteiger partial charge in [0.1, 0.15) is 11.6 Å². The molecule has 3 aromatic rings. The number of hydrogen-bond donors (Lipinski definition) is 0. The maximum atomic E-state index is 6.00. The third-order valence-electron chi connectivity index (χ3n) is 3.17. The molecule has 0 fully saturated rings. The number of hydrogen-bond acceptors (Lipinski definition) is 2. The minimum absolute atomic E-state index is 0.697. The van der Waals surface area contributed by atoms with E-state index in [1.165, 1.54) is 0 Å². The van der Waals surface area contributed by atoms with E-state index in [-0.39, 0.29) is 0 Å². The molecule has 0 aliphatic carbocycles. The summed E-state index contributed by atoms with van der Waals surface area (Å²) in [6, 6.07) is 13.6. The molecule has 0 saturated carbocycles. The quantitative estimate of drug-likeness (QED) is 0.707. The van der Waals surface area contributed by atoms with Gasteiger partial charge in [-0.05, 0) is 30.3 Å². The third kappa shape index (κ3) is 2.06. The van der Waals surface area contributed by atoms with Gasteiger partial charge in [0.25, 0.3) is 0 Å². The number of benzene rings is 2. The Morgan fingerprint density at radius 2 is 2.00 bits per heavy atom. The second-order valence-electron chi connectivity index (χ2n) is 4.36. The average Bonchev–Trinajstić information content (AvgIpc) is 2.75. The first-order valence-corrected chi connectivity index (χ1v) is 6.33. The van der Waals surface area contributed by atoms with Crippen LogP contribution in [-0.4, -0.2) is 16.7 Å². The van der Waals surface area contributed by atoms with Gasteiger partial charge in [-0.2, -0.15) is 0 Å². The molecule has 3 nitrogen and oxygen atoms in total. The summed E-state index contributed by atoms with van der Waals surface area (Å²) in [4.78, 5) is 4.64. The lowest BCUT2D eigenvalue weighted by atomic mass is 10.2. The van der Waals surface area contributed by atoms with Gasteiger partial charge in [0.2, 0.25) is 0 Å². The third-order valence-corrected chi connectivity index (χ3v) is 3.41. The lowest BCUT2D eigenvalue weighted by molar-refractivity contribution is 0.415. The molecule has 1 aromatic heterocycles. The number of ether oxygens (including phenoxy) is 1. The number of nitrogens with zero attached hydrogens (tertiary/aromatic N) is 2. The minimum atomic E-state index is 0.697. The molecule has 4 heteroatoms. The Kier molecular flexibility index (Phi) is 2.91. The topological polar surface area (TPSA) is 27.1 Å². The molecule has 3 rings (SSSR count). The van der Waals surface area contributed by atoms with Gasteiger partial charge < -0.3 is 9.30 Å². The van der Waals surface area contributed by atoms with Gasteiger partial charge in [-0.3, -0.25) is 0 Å². The Hall–Kier alpha value is -2.00. The van der Waals surface area contributed by atoms with Crippen molar-refractivity contribution in [2.45, 2.75) is 0 Å². The molecule has 0 spiro atoms. The average molecular weight is 273 g/mol. The summed E-state index contributed by atoms with van der Waals surface area (Å²) in [5.41, 5.74) is 2.98. The molecule has 0 aliphatic heterocycles. The van der Waals surface area contributed by atoms with E-state index in [0.717, 1.165) is 28.2 Å². The predicted octanol–water partition coefficient (Wildman–Crippen LogP) is 3.90. The van der Waals surface area contributed by atoms with E-state index in [4.69, 9.17) is 16.3 Å². The fourth-order valence-electron chi connectivity index (χ4n) is 2.19. The van der Waals surface area contributed by atoms with Crippen LogP contribution < -0.4 is 4.74 Å². The number of methoxy groups -OCH3 is 1. The number of imidazole rings is 1. The Bertz CT molecular complexity index is 749. The number of fused-ring (bicyclic) bond motifs is 1. The van der Waals surface area contributed by atoms with Crippen LogP contribution in [0.3, 0.4) is 0 Å². The summed E-state index contributed by atoms with van der Waals surface area (Å²) < 4.78 is 7.31. The van der Waals surface area contributed by atoms with Gasteiger partial charge in [0, 0.05) is 17.6 Å². The summed E-state index contributed by atoms with van der Waals surface area (Å²) in [5.74, 6) is 1.72. The Labute approximate surface area is 116 Å². The molecule has 1 heterocycles. The van der Waals surface area contributed by atoms with Gasteiger partial charge in [-0.25, -0.2) is 4.98 Å². The van der Waals surface area contributed by atoms with E-state index >= 15 is 0 Å². The van der Waals surface area contributed by atoms with Gasteiger partial charge >= 0.3 is 0 Å². The van der Waals surface area contributed by atoms with Gasteiger partial charge in [-0.1, -0.05) is 23.7 Å². The van der Waals surface area contributed by atoms with Crippen molar-refractivity contribution >= 4 is 22.6 Å².